The van der Waals surface area contributed by atoms with E-state index in [1.807, 2.05) is 0 Å². The molecule has 1 aliphatic rings. The van der Waals surface area contributed by atoms with E-state index in [1.54, 1.807) is 0 Å². The molecule has 2 rings (SSSR count). The van der Waals surface area contributed by atoms with E-state index in [0.717, 1.165) is 12.8 Å². The van der Waals surface area contributed by atoms with Crippen LogP contribution in [-0.2, 0) is 0 Å². The molecule has 3 unspecified atom stereocenters. The van der Waals surface area contributed by atoms with E-state index in [0.29, 0.717) is 17.8 Å². The van der Waals surface area contributed by atoms with Gasteiger partial charge in [0, 0.05) is 5.41 Å². The third-order valence-corrected chi connectivity index (χ3v) is 5.20. The zero-order chi connectivity index (χ0) is 13.3. The second-order valence-electron chi connectivity index (χ2n) is 6.09. The molecule has 1 N–H and O–H groups in total. The summed E-state index contributed by atoms with van der Waals surface area (Å²) >= 11 is 0. The first kappa shape index (κ1) is 13.6. The summed E-state index contributed by atoms with van der Waals surface area (Å²) in [5, 5.41) is 10.6. The van der Waals surface area contributed by atoms with Gasteiger partial charge in [0.2, 0.25) is 0 Å². The molecule has 18 heavy (non-hydrogen) atoms. The zero-order valence-electron chi connectivity index (χ0n) is 12.1. The third kappa shape index (κ3) is 1.80. The minimum absolute atomic E-state index is 0.0935. The highest BCUT2D eigenvalue weighted by Gasteiger charge is 2.60. The second kappa shape index (κ2) is 5.05. The van der Waals surface area contributed by atoms with Crippen LogP contribution >= 0.6 is 0 Å². The van der Waals surface area contributed by atoms with Crippen molar-refractivity contribution in [3.05, 3.63) is 35.9 Å². The first-order chi connectivity index (χ1) is 8.58. The van der Waals surface area contributed by atoms with Crippen molar-refractivity contribution < 1.29 is 5.11 Å². The van der Waals surface area contributed by atoms with Crippen LogP contribution in [0.25, 0.3) is 0 Å². The van der Waals surface area contributed by atoms with Gasteiger partial charge in [-0.05, 0) is 36.2 Å². The van der Waals surface area contributed by atoms with Crippen molar-refractivity contribution in [3.63, 3.8) is 0 Å². The quantitative estimate of drug-likeness (QED) is 0.843. The van der Waals surface area contributed by atoms with Crippen LogP contribution in [0, 0.1) is 17.3 Å². The van der Waals surface area contributed by atoms with Crippen molar-refractivity contribution in [1.29, 1.82) is 0 Å². The smallest absolute Gasteiger partial charge is 0.0638 e. The van der Waals surface area contributed by atoms with Crippen molar-refractivity contribution in [3.8, 4) is 0 Å². The zero-order valence-corrected chi connectivity index (χ0v) is 12.1. The van der Waals surface area contributed by atoms with Crippen LogP contribution < -0.4 is 0 Å². The predicted octanol–water partition coefficient (Wildman–Crippen LogP) is 4.22. The molecule has 1 aromatic carbocycles. The van der Waals surface area contributed by atoms with E-state index in [2.05, 4.69) is 58.0 Å². The van der Waals surface area contributed by atoms with Crippen LogP contribution in [-0.4, -0.2) is 11.2 Å². The Morgan fingerprint density at radius 1 is 1.11 bits per heavy atom. The summed E-state index contributed by atoms with van der Waals surface area (Å²) in [5.74, 6) is 1.47. The molecule has 1 saturated carbocycles. The van der Waals surface area contributed by atoms with Gasteiger partial charge in [-0.1, -0.05) is 58.0 Å². The van der Waals surface area contributed by atoms with Crippen LogP contribution in [0.1, 0.15) is 52.0 Å². The van der Waals surface area contributed by atoms with Gasteiger partial charge in [-0.2, -0.15) is 0 Å². The molecule has 1 aliphatic carbocycles. The summed E-state index contributed by atoms with van der Waals surface area (Å²) in [6.07, 6.45) is 1.98. The van der Waals surface area contributed by atoms with Crippen LogP contribution in [0.3, 0.4) is 0 Å². The van der Waals surface area contributed by atoms with Gasteiger partial charge in [-0.3, -0.25) is 0 Å². The molecule has 0 aliphatic heterocycles. The lowest BCUT2D eigenvalue weighted by Gasteiger charge is -2.61. The van der Waals surface area contributed by atoms with E-state index < -0.39 is 0 Å². The van der Waals surface area contributed by atoms with Gasteiger partial charge in [0.1, 0.15) is 0 Å². The van der Waals surface area contributed by atoms with Gasteiger partial charge in [0.05, 0.1) is 6.10 Å². The largest absolute Gasteiger partial charge is 0.392 e. The lowest BCUT2D eigenvalue weighted by molar-refractivity contribution is -0.165. The van der Waals surface area contributed by atoms with Crippen molar-refractivity contribution in [2.24, 2.45) is 17.3 Å². The van der Waals surface area contributed by atoms with Crippen LogP contribution in [0.5, 0.6) is 0 Å². The van der Waals surface area contributed by atoms with Gasteiger partial charge < -0.3 is 5.11 Å². The molecular formula is C17H26O. The number of hydrogen-bond acceptors (Lipinski definition) is 1. The minimum Gasteiger partial charge on any atom is -0.392 e. The van der Waals surface area contributed by atoms with Crippen molar-refractivity contribution >= 4 is 0 Å². The molecule has 0 saturated heterocycles. The van der Waals surface area contributed by atoms with E-state index in [1.165, 1.54) is 5.56 Å². The van der Waals surface area contributed by atoms with Crippen molar-refractivity contribution in [2.75, 3.05) is 0 Å². The van der Waals surface area contributed by atoms with Gasteiger partial charge in [0.25, 0.3) is 0 Å². The highest BCUT2D eigenvalue weighted by Crippen LogP contribution is 2.62. The van der Waals surface area contributed by atoms with E-state index in [4.69, 9.17) is 0 Å². The summed E-state index contributed by atoms with van der Waals surface area (Å²) in [7, 11) is 0. The number of aliphatic hydroxyl groups is 1. The fourth-order valence-electron chi connectivity index (χ4n) is 4.09. The SMILES string of the molecule is CCC1(CC)C(O)C(C(C)C)C1c1ccccc1. The molecule has 1 nitrogen and oxygen atoms in total. The molecule has 0 heterocycles. The van der Waals surface area contributed by atoms with E-state index in [9.17, 15) is 5.11 Å². The van der Waals surface area contributed by atoms with Gasteiger partial charge in [0.15, 0.2) is 0 Å². The first-order valence-corrected chi connectivity index (χ1v) is 7.31. The molecule has 0 aromatic heterocycles. The summed E-state index contributed by atoms with van der Waals surface area (Å²) < 4.78 is 0. The van der Waals surface area contributed by atoms with Crippen LogP contribution in [0.4, 0.5) is 0 Å². The van der Waals surface area contributed by atoms with Gasteiger partial charge in [-0.25, -0.2) is 0 Å². The molecule has 1 fully saturated rings. The van der Waals surface area contributed by atoms with E-state index in [-0.39, 0.29) is 11.5 Å². The average Bonchev–Trinajstić information content (AvgIpc) is 2.38. The molecule has 1 heteroatoms. The monoisotopic (exact) mass is 246 g/mol. The Labute approximate surface area is 111 Å². The molecule has 0 spiro atoms. The Hall–Kier alpha value is -0.820. The molecule has 0 amide bonds. The fraction of sp³-hybridized carbons (Fsp3) is 0.647. The maximum atomic E-state index is 10.6. The summed E-state index contributed by atoms with van der Waals surface area (Å²) in [6, 6.07) is 10.8. The molecule has 0 radical (unpaired) electrons. The maximum Gasteiger partial charge on any atom is 0.0638 e. The Morgan fingerprint density at radius 2 is 1.67 bits per heavy atom. The van der Waals surface area contributed by atoms with Crippen LogP contribution in [0.15, 0.2) is 30.3 Å². The normalized spacial score (nSPS) is 30.2. The highest BCUT2D eigenvalue weighted by atomic mass is 16.3. The average molecular weight is 246 g/mol. The predicted molar refractivity (Wildman–Crippen MR) is 76.5 cm³/mol. The number of rotatable bonds is 4. The standard InChI is InChI=1S/C17H26O/c1-5-17(6-2)15(13-10-8-7-9-11-13)14(12(3)4)16(17)18/h7-12,14-16,18H,5-6H2,1-4H3. The van der Waals surface area contributed by atoms with Crippen molar-refractivity contribution in [1.82, 2.24) is 0 Å². The maximum absolute atomic E-state index is 10.6. The van der Waals surface area contributed by atoms with Gasteiger partial charge >= 0.3 is 0 Å². The summed E-state index contributed by atoms with van der Waals surface area (Å²) in [5.41, 5.74) is 1.50. The highest BCUT2D eigenvalue weighted by molar-refractivity contribution is 5.30. The first-order valence-electron chi connectivity index (χ1n) is 7.31. The topological polar surface area (TPSA) is 20.2 Å². The Morgan fingerprint density at radius 3 is 2.11 bits per heavy atom. The number of aliphatic hydroxyl groups excluding tert-OH is 1. The van der Waals surface area contributed by atoms with Crippen LogP contribution in [0.2, 0.25) is 0 Å². The number of benzene rings is 1. The second-order valence-corrected chi connectivity index (χ2v) is 6.09. The molecule has 3 atom stereocenters. The summed E-state index contributed by atoms with van der Waals surface area (Å²) in [6.45, 7) is 8.91. The molecule has 0 bridgehead atoms. The molecule has 100 valence electrons. The summed E-state index contributed by atoms with van der Waals surface area (Å²) in [4.78, 5) is 0. The third-order valence-electron chi connectivity index (χ3n) is 5.20. The Balaban J connectivity index is 2.39. The molecule has 1 aromatic rings. The lowest BCUT2D eigenvalue weighted by atomic mass is 9.45. The van der Waals surface area contributed by atoms with Crippen molar-refractivity contribution in [2.45, 2.75) is 52.6 Å². The Bertz CT molecular complexity index is 378. The Kier molecular flexibility index (Phi) is 3.82. The minimum atomic E-state index is -0.141. The van der Waals surface area contributed by atoms with Gasteiger partial charge in [-0.15, -0.1) is 0 Å². The van der Waals surface area contributed by atoms with E-state index >= 15 is 0 Å². The lowest BCUT2D eigenvalue weighted by Crippen LogP contribution is -2.60. The fourth-order valence-corrected chi connectivity index (χ4v) is 4.09. The number of hydrogen-bond donors (Lipinski definition) is 1. The molecular weight excluding hydrogens is 220 g/mol.